The largest absolute Gasteiger partial charge is 0.478 e. The summed E-state index contributed by atoms with van der Waals surface area (Å²) in [5, 5.41) is 9.21. The number of piperidine rings is 1. The van der Waals surface area contributed by atoms with Crippen LogP contribution in [-0.2, 0) is 16.1 Å². The summed E-state index contributed by atoms with van der Waals surface area (Å²) < 4.78 is 7.29. The van der Waals surface area contributed by atoms with Crippen molar-refractivity contribution in [2.24, 2.45) is 5.92 Å². The number of halogens is 1. The molecule has 3 aliphatic rings. The zero-order chi connectivity index (χ0) is 30.6. The summed E-state index contributed by atoms with van der Waals surface area (Å²) in [7, 11) is 0. The van der Waals surface area contributed by atoms with Gasteiger partial charge in [-0.25, -0.2) is 4.79 Å². The molecule has 0 aromatic heterocycles. The Morgan fingerprint density at radius 3 is 2.28 bits per heavy atom. The molecule has 2 aliphatic heterocycles. The van der Waals surface area contributed by atoms with Crippen LogP contribution in [0, 0.1) is 5.92 Å². The van der Waals surface area contributed by atoms with Crippen LogP contribution in [0.25, 0.3) is 0 Å². The molecule has 232 valence electrons. The van der Waals surface area contributed by atoms with Gasteiger partial charge >= 0.3 is 6.09 Å². The molecule has 43 heavy (non-hydrogen) atoms. The third kappa shape index (κ3) is 7.63. The van der Waals surface area contributed by atoms with Crippen LogP contribution in [0.2, 0.25) is 0 Å². The van der Waals surface area contributed by atoms with E-state index in [1.54, 1.807) is 18.7 Å². The predicted molar refractivity (Wildman–Crippen MR) is 169 cm³/mol. The summed E-state index contributed by atoms with van der Waals surface area (Å²) in [6.45, 7) is 6.95. The maximum atomic E-state index is 14.1. The van der Waals surface area contributed by atoms with Crippen molar-refractivity contribution >= 4 is 39.5 Å². The maximum absolute atomic E-state index is 14.1. The number of anilines is 1. The van der Waals surface area contributed by atoms with E-state index in [9.17, 15) is 19.5 Å². The van der Waals surface area contributed by atoms with E-state index in [1.165, 1.54) is 17.7 Å². The highest BCUT2D eigenvalue weighted by Gasteiger charge is 2.37. The van der Waals surface area contributed by atoms with Crippen molar-refractivity contribution in [3.05, 3.63) is 58.6 Å². The summed E-state index contributed by atoms with van der Waals surface area (Å²) in [4.78, 5) is 46.0. The minimum Gasteiger partial charge on any atom is -0.478 e. The Balaban J connectivity index is 1.24. The number of nitrogens with zero attached hydrogens (tertiary/aromatic N) is 4. The number of hydrogen-bond donors (Lipinski definition) is 1. The minimum atomic E-state index is -1.11. The number of benzene rings is 2. The molecule has 2 heterocycles. The van der Waals surface area contributed by atoms with E-state index >= 15 is 0 Å². The molecule has 9 nitrogen and oxygen atoms in total. The van der Waals surface area contributed by atoms with E-state index < -0.39 is 11.7 Å². The molecule has 1 N–H and O–H groups in total. The van der Waals surface area contributed by atoms with E-state index in [0.29, 0.717) is 51.1 Å². The van der Waals surface area contributed by atoms with Crippen LogP contribution in [0.4, 0.5) is 10.5 Å². The van der Waals surface area contributed by atoms with Crippen LogP contribution in [-0.4, -0.2) is 88.6 Å². The molecule has 2 saturated heterocycles. The normalized spacial score (nSPS) is 19.8. The first kappa shape index (κ1) is 31.2. The van der Waals surface area contributed by atoms with Gasteiger partial charge in [-0.1, -0.05) is 47.0 Å². The molecule has 0 unspecified atom stereocenters. The van der Waals surface area contributed by atoms with E-state index in [1.807, 2.05) is 36.4 Å². The first-order valence-corrected chi connectivity index (χ1v) is 16.3. The van der Waals surface area contributed by atoms with Crippen LogP contribution in [0.1, 0.15) is 57.9 Å². The lowest BCUT2D eigenvalue weighted by Crippen LogP contribution is -2.56. The zero-order valence-electron chi connectivity index (χ0n) is 25.2. The molecule has 3 amide bonds. The second-order valence-electron chi connectivity index (χ2n) is 12.5. The highest BCUT2D eigenvalue weighted by Crippen LogP contribution is 2.32. The van der Waals surface area contributed by atoms with Crippen molar-refractivity contribution in [1.29, 1.82) is 0 Å². The SMILES string of the molecule is CC(C)(Oc1cccc(N2CCC[C@@H](C(=O)N(Cc3ccc(Br)cc3)C3CCCC3)C2)c1)C(=O)N1CCN(C(=O)O)CC1. The van der Waals surface area contributed by atoms with Crippen molar-refractivity contribution in [1.82, 2.24) is 14.7 Å². The molecule has 5 rings (SSSR count). The molecule has 1 atom stereocenters. The summed E-state index contributed by atoms with van der Waals surface area (Å²) in [6.07, 6.45) is 5.35. The smallest absolute Gasteiger partial charge is 0.407 e. The minimum absolute atomic E-state index is 0.0724. The van der Waals surface area contributed by atoms with Gasteiger partial charge in [0.25, 0.3) is 5.91 Å². The van der Waals surface area contributed by atoms with E-state index in [4.69, 9.17) is 4.74 Å². The Morgan fingerprint density at radius 1 is 0.930 bits per heavy atom. The fraction of sp³-hybridized carbons (Fsp3) is 0.545. The summed E-state index contributed by atoms with van der Waals surface area (Å²) in [6, 6.07) is 16.4. The van der Waals surface area contributed by atoms with Crippen LogP contribution in [0.3, 0.4) is 0 Å². The molecule has 10 heteroatoms. The fourth-order valence-corrected chi connectivity index (χ4v) is 6.87. The lowest BCUT2D eigenvalue weighted by atomic mass is 9.94. The summed E-state index contributed by atoms with van der Waals surface area (Å²) in [5.41, 5.74) is 1.02. The van der Waals surface area contributed by atoms with E-state index in [0.717, 1.165) is 48.0 Å². The highest BCUT2D eigenvalue weighted by molar-refractivity contribution is 9.10. The quantitative estimate of drug-likeness (QED) is 0.397. The van der Waals surface area contributed by atoms with Gasteiger partial charge in [0.2, 0.25) is 5.91 Å². The van der Waals surface area contributed by atoms with Gasteiger partial charge in [0, 0.05) is 68.1 Å². The van der Waals surface area contributed by atoms with Crippen LogP contribution < -0.4 is 9.64 Å². The maximum Gasteiger partial charge on any atom is 0.407 e. The van der Waals surface area contributed by atoms with Gasteiger partial charge in [0.05, 0.1) is 5.92 Å². The average Bonchev–Trinajstić information content (AvgIpc) is 3.55. The topological polar surface area (TPSA) is 93.6 Å². The highest BCUT2D eigenvalue weighted by atomic mass is 79.9. The molecule has 2 aromatic rings. The van der Waals surface area contributed by atoms with Gasteiger partial charge < -0.3 is 29.4 Å². The third-order valence-electron chi connectivity index (χ3n) is 8.99. The lowest BCUT2D eigenvalue weighted by molar-refractivity contribution is -0.147. The lowest BCUT2D eigenvalue weighted by Gasteiger charge is -2.39. The Hall–Kier alpha value is -3.27. The van der Waals surface area contributed by atoms with Crippen LogP contribution in [0.15, 0.2) is 53.0 Å². The van der Waals surface area contributed by atoms with Crippen molar-refractivity contribution in [3.63, 3.8) is 0 Å². The second-order valence-corrected chi connectivity index (χ2v) is 13.4. The van der Waals surface area contributed by atoms with E-state index in [-0.39, 0.29) is 17.7 Å². The van der Waals surface area contributed by atoms with Crippen LogP contribution in [0.5, 0.6) is 5.75 Å². The van der Waals surface area contributed by atoms with Crippen molar-refractivity contribution in [2.75, 3.05) is 44.2 Å². The molecule has 1 aliphatic carbocycles. The molecule has 0 spiro atoms. The number of amides is 3. The van der Waals surface area contributed by atoms with Gasteiger partial charge in [-0.2, -0.15) is 0 Å². The monoisotopic (exact) mass is 654 g/mol. The molecule has 2 aromatic carbocycles. The predicted octanol–water partition coefficient (Wildman–Crippen LogP) is 5.62. The Kier molecular flexibility index (Phi) is 9.84. The molecular weight excluding hydrogens is 612 g/mol. The van der Waals surface area contributed by atoms with Crippen molar-refractivity contribution in [2.45, 2.75) is 70.6 Å². The Labute approximate surface area is 262 Å². The molecule has 0 radical (unpaired) electrons. The fourth-order valence-electron chi connectivity index (χ4n) is 6.60. The molecule has 3 fully saturated rings. The number of hydrogen-bond acceptors (Lipinski definition) is 5. The van der Waals surface area contributed by atoms with Gasteiger partial charge in [0.15, 0.2) is 5.60 Å². The Bertz CT molecular complexity index is 1290. The third-order valence-corrected chi connectivity index (χ3v) is 9.52. The number of ether oxygens (including phenoxy) is 1. The molecule has 0 bridgehead atoms. The van der Waals surface area contributed by atoms with Gasteiger partial charge in [-0.15, -0.1) is 0 Å². The van der Waals surface area contributed by atoms with E-state index in [2.05, 4.69) is 37.9 Å². The zero-order valence-corrected chi connectivity index (χ0v) is 26.8. The van der Waals surface area contributed by atoms with Gasteiger partial charge in [0.1, 0.15) is 5.75 Å². The van der Waals surface area contributed by atoms with Crippen molar-refractivity contribution in [3.8, 4) is 5.75 Å². The van der Waals surface area contributed by atoms with Crippen LogP contribution >= 0.6 is 15.9 Å². The summed E-state index contributed by atoms with van der Waals surface area (Å²) >= 11 is 3.52. The second kappa shape index (κ2) is 13.6. The first-order chi connectivity index (χ1) is 20.6. The number of rotatable bonds is 8. The standard InChI is InChI=1S/C33H43BrN4O5/c1-33(2,31(40)35-17-19-36(20-18-35)32(41)42)43-29-11-5-10-28(21-29)37-16-6-7-25(23-37)30(39)38(27-8-3-4-9-27)22-24-12-14-26(34)15-13-24/h5,10-15,21,25,27H,3-4,6-9,16-20,22-23H2,1-2H3,(H,41,42)/t25-/m1/s1. The number of carbonyl (C=O) groups is 3. The van der Waals surface area contributed by atoms with Gasteiger partial charge in [-0.3, -0.25) is 9.59 Å². The van der Waals surface area contributed by atoms with Crippen molar-refractivity contribution < 1.29 is 24.2 Å². The van der Waals surface area contributed by atoms with Gasteiger partial charge in [-0.05, 0) is 69.4 Å². The molecular formula is C33H43BrN4O5. The first-order valence-electron chi connectivity index (χ1n) is 15.5. The number of carbonyl (C=O) groups excluding carboxylic acids is 2. The molecule has 1 saturated carbocycles. The summed E-state index contributed by atoms with van der Waals surface area (Å²) in [5.74, 6) is 0.610. The number of carboxylic acid groups (broad SMARTS) is 1. The Morgan fingerprint density at radius 2 is 1.60 bits per heavy atom. The number of piperazine rings is 1. The average molecular weight is 656 g/mol.